The molecule has 8 nitrogen and oxygen atoms in total. The van der Waals surface area contributed by atoms with Crippen LogP contribution in [0.4, 0.5) is 0 Å². The molecule has 3 unspecified atom stereocenters. The Morgan fingerprint density at radius 1 is 0.868 bits per heavy atom. The molecule has 0 bridgehead atoms. The second kappa shape index (κ2) is 22.8. The van der Waals surface area contributed by atoms with E-state index in [9.17, 15) is 19.4 Å². The van der Waals surface area contributed by atoms with Crippen molar-refractivity contribution in [3.63, 3.8) is 0 Å². The van der Waals surface area contributed by atoms with Crippen molar-refractivity contribution in [1.82, 2.24) is 5.32 Å². The topological polar surface area (TPSA) is 105 Å². The van der Waals surface area contributed by atoms with Gasteiger partial charge in [-0.3, -0.25) is 13.8 Å². The van der Waals surface area contributed by atoms with Crippen LogP contribution in [0.5, 0.6) is 0 Å². The van der Waals surface area contributed by atoms with Gasteiger partial charge in [-0.05, 0) is 32.1 Å². The van der Waals surface area contributed by atoms with Crippen LogP contribution < -0.4 is 5.32 Å². The first-order valence-corrected chi connectivity index (χ1v) is 16.2. The Bertz CT molecular complexity index is 693. The number of hydrogen-bond acceptors (Lipinski definition) is 5. The second-order valence-electron chi connectivity index (χ2n) is 11.1. The summed E-state index contributed by atoms with van der Waals surface area (Å²) >= 11 is 0. The van der Waals surface area contributed by atoms with Crippen molar-refractivity contribution in [2.75, 3.05) is 40.9 Å². The van der Waals surface area contributed by atoms with Crippen LogP contribution in [0.3, 0.4) is 0 Å². The fourth-order valence-corrected chi connectivity index (χ4v) is 4.41. The Morgan fingerprint density at radius 3 is 2.08 bits per heavy atom. The Morgan fingerprint density at radius 2 is 1.45 bits per heavy atom. The Kier molecular flexibility index (Phi) is 22.1. The maximum atomic E-state index is 12.3. The third-order valence-electron chi connectivity index (χ3n) is 6.17. The number of carbonyl (C=O) groups is 1. The summed E-state index contributed by atoms with van der Waals surface area (Å²) in [6, 6.07) is -0.851. The lowest BCUT2D eigenvalue weighted by Crippen LogP contribution is -2.45. The van der Waals surface area contributed by atoms with E-state index >= 15 is 0 Å². The maximum absolute atomic E-state index is 12.3. The zero-order valence-electron chi connectivity index (χ0n) is 24.9. The molecule has 0 aliphatic rings. The summed E-state index contributed by atoms with van der Waals surface area (Å²) in [5.41, 5.74) is 0. The molecule has 9 heteroatoms. The van der Waals surface area contributed by atoms with Crippen LogP contribution >= 0.6 is 7.82 Å². The van der Waals surface area contributed by atoms with Gasteiger partial charge < -0.3 is 19.8 Å². The molecule has 0 saturated carbocycles. The molecule has 224 valence electrons. The predicted octanol–water partition coefficient (Wildman–Crippen LogP) is 6.29. The fraction of sp³-hybridized carbons (Fsp3) is 0.828. The number of allylic oxidation sites excluding steroid dienone is 3. The van der Waals surface area contributed by atoms with E-state index in [-0.39, 0.29) is 19.1 Å². The highest BCUT2D eigenvalue weighted by Crippen LogP contribution is 2.43. The number of unbranched alkanes of at least 4 members (excludes halogenated alkanes) is 10. The minimum Gasteiger partial charge on any atom is -0.387 e. The van der Waals surface area contributed by atoms with Crippen LogP contribution in [-0.2, 0) is 18.4 Å². The summed E-state index contributed by atoms with van der Waals surface area (Å²) in [5, 5.41) is 13.4. The molecule has 0 saturated heterocycles. The van der Waals surface area contributed by atoms with E-state index in [4.69, 9.17) is 9.05 Å². The van der Waals surface area contributed by atoms with Crippen molar-refractivity contribution < 1.29 is 32.9 Å². The van der Waals surface area contributed by atoms with Gasteiger partial charge in [0.05, 0.1) is 39.9 Å². The number of phosphoric acid groups is 1. The Balaban J connectivity index is 4.49. The van der Waals surface area contributed by atoms with Crippen LogP contribution in [-0.4, -0.2) is 73.4 Å². The Hall–Kier alpha value is -1.02. The Labute approximate surface area is 233 Å². The van der Waals surface area contributed by atoms with Crippen LogP contribution in [0.15, 0.2) is 24.3 Å². The number of likely N-dealkylation sites (N-methyl/N-ethyl adjacent to an activating group) is 1. The molecule has 0 radical (unpaired) electrons. The molecule has 0 heterocycles. The summed E-state index contributed by atoms with van der Waals surface area (Å²) in [5.74, 6) is -0.226. The number of nitrogens with one attached hydrogen (secondary N) is 1. The summed E-state index contributed by atoms with van der Waals surface area (Å²) in [4.78, 5) is 22.3. The molecule has 0 spiro atoms. The number of amides is 1. The van der Waals surface area contributed by atoms with E-state index in [2.05, 4.69) is 24.4 Å². The first-order chi connectivity index (χ1) is 18.0. The molecular weight excluding hydrogens is 503 g/mol. The van der Waals surface area contributed by atoms with E-state index in [0.29, 0.717) is 17.4 Å². The van der Waals surface area contributed by atoms with Gasteiger partial charge in [-0.25, -0.2) is 4.57 Å². The highest BCUT2D eigenvalue weighted by atomic mass is 31.2. The van der Waals surface area contributed by atoms with Gasteiger partial charge in [0.25, 0.3) is 0 Å². The van der Waals surface area contributed by atoms with Crippen molar-refractivity contribution >= 4 is 13.7 Å². The molecule has 0 aromatic rings. The highest BCUT2D eigenvalue weighted by molar-refractivity contribution is 7.47. The van der Waals surface area contributed by atoms with Crippen molar-refractivity contribution in [2.45, 2.75) is 116 Å². The van der Waals surface area contributed by atoms with Crippen molar-refractivity contribution in [3.05, 3.63) is 24.3 Å². The SMILES string of the molecule is CCCCCCCCCC/C=C/CC/C=C/C(O)C(COP(=O)(O)OCC[N+](C)(C)C)NC(=O)CCCC. The number of aliphatic hydroxyl groups is 1. The zero-order chi connectivity index (χ0) is 28.7. The monoisotopic (exact) mass is 561 g/mol. The van der Waals surface area contributed by atoms with Crippen LogP contribution in [0, 0.1) is 0 Å². The molecule has 0 aliphatic heterocycles. The molecule has 0 rings (SSSR count). The van der Waals surface area contributed by atoms with Crippen molar-refractivity contribution in [3.8, 4) is 0 Å². The second-order valence-corrected chi connectivity index (χ2v) is 12.6. The van der Waals surface area contributed by atoms with E-state index in [0.717, 1.165) is 32.1 Å². The van der Waals surface area contributed by atoms with Gasteiger partial charge in [0.2, 0.25) is 5.91 Å². The number of carbonyl (C=O) groups excluding carboxylic acids is 1. The summed E-state index contributed by atoms with van der Waals surface area (Å²) in [6.45, 7) is 4.49. The van der Waals surface area contributed by atoms with Gasteiger partial charge in [0.15, 0.2) is 0 Å². The average molecular weight is 562 g/mol. The smallest absolute Gasteiger partial charge is 0.387 e. The third kappa shape index (κ3) is 24.1. The molecule has 0 fully saturated rings. The molecule has 3 N–H and O–H groups in total. The fourth-order valence-electron chi connectivity index (χ4n) is 3.68. The normalized spacial score (nSPS) is 15.7. The number of phosphoric ester groups is 1. The van der Waals surface area contributed by atoms with Crippen molar-refractivity contribution in [2.24, 2.45) is 0 Å². The van der Waals surface area contributed by atoms with E-state index < -0.39 is 20.0 Å². The molecule has 0 aromatic carbocycles. The first-order valence-electron chi connectivity index (χ1n) is 14.7. The number of rotatable bonds is 25. The van der Waals surface area contributed by atoms with Crippen molar-refractivity contribution in [1.29, 1.82) is 0 Å². The average Bonchev–Trinajstić information content (AvgIpc) is 2.84. The minimum atomic E-state index is -4.30. The van der Waals surface area contributed by atoms with E-state index in [1.165, 1.54) is 51.4 Å². The lowest BCUT2D eigenvalue weighted by Gasteiger charge is -2.25. The molecule has 1 amide bonds. The predicted molar refractivity (Wildman–Crippen MR) is 157 cm³/mol. The molecule has 3 atom stereocenters. The number of aliphatic hydroxyl groups excluding tert-OH is 1. The highest BCUT2D eigenvalue weighted by Gasteiger charge is 2.27. The zero-order valence-corrected chi connectivity index (χ0v) is 25.8. The van der Waals surface area contributed by atoms with Gasteiger partial charge >= 0.3 is 7.82 Å². The van der Waals surface area contributed by atoms with Gasteiger partial charge in [0, 0.05) is 6.42 Å². The third-order valence-corrected chi connectivity index (χ3v) is 7.16. The number of nitrogens with zero attached hydrogens (tertiary/aromatic N) is 1. The largest absolute Gasteiger partial charge is 0.472 e. The lowest BCUT2D eigenvalue weighted by atomic mass is 10.1. The van der Waals surface area contributed by atoms with Gasteiger partial charge in [-0.15, -0.1) is 0 Å². The molecule has 0 aromatic heterocycles. The lowest BCUT2D eigenvalue weighted by molar-refractivity contribution is -0.870. The number of quaternary nitrogens is 1. The number of hydrogen-bond donors (Lipinski definition) is 3. The maximum Gasteiger partial charge on any atom is 0.472 e. The summed E-state index contributed by atoms with van der Waals surface area (Å²) in [7, 11) is 1.54. The first kappa shape index (κ1) is 37.0. The van der Waals surface area contributed by atoms with Gasteiger partial charge in [-0.2, -0.15) is 0 Å². The summed E-state index contributed by atoms with van der Waals surface area (Å²) in [6.07, 6.45) is 22.0. The van der Waals surface area contributed by atoms with Crippen LogP contribution in [0.1, 0.15) is 104 Å². The van der Waals surface area contributed by atoms with Gasteiger partial charge in [0.1, 0.15) is 13.2 Å². The molecular formula is C29H58N2O6P+. The molecule has 38 heavy (non-hydrogen) atoms. The standard InChI is InChI=1S/C29H57N2O6P/c1-6-8-10-11-12-13-14-15-16-17-18-19-20-21-22-28(32)27(30-29(33)23-9-7-2)26-37-38(34,35)36-25-24-31(3,4)5/h17-18,21-22,27-28,32H,6-16,19-20,23-26H2,1-5H3,(H-,30,33,34,35)/p+1/b18-17+,22-21+. The quantitative estimate of drug-likeness (QED) is 0.0524. The molecule has 0 aliphatic carbocycles. The van der Waals surface area contributed by atoms with Crippen LogP contribution in [0.2, 0.25) is 0 Å². The van der Waals surface area contributed by atoms with E-state index in [1.54, 1.807) is 6.08 Å². The van der Waals surface area contributed by atoms with E-state index in [1.807, 2.05) is 34.1 Å². The summed E-state index contributed by atoms with van der Waals surface area (Å²) < 4.78 is 23.0. The van der Waals surface area contributed by atoms with Gasteiger partial charge in [-0.1, -0.05) is 89.5 Å². The van der Waals surface area contributed by atoms with Crippen LogP contribution in [0.25, 0.3) is 0 Å². The minimum absolute atomic E-state index is 0.0554.